The fraction of sp³-hybridized carbons (Fsp3) is 0.500. The number of aryl methyl sites for hydroxylation is 1. The number of ether oxygens (including phenoxy) is 1. The molecule has 19 heavy (non-hydrogen) atoms. The molecule has 0 fully saturated rings. The molecule has 0 saturated carbocycles. The van der Waals surface area contributed by atoms with Crippen molar-refractivity contribution in [2.45, 2.75) is 33.2 Å². The van der Waals surface area contributed by atoms with Crippen LogP contribution in [-0.4, -0.2) is 19.8 Å². The Hall–Kier alpha value is -1.32. The molecule has 0 amide bonds. The number of nitrogens with one attached hydrogen (secondary N) is 1. The van der Waals surface area contributed by atoms with Gasteiger partial charge in [0.15, 0.2) is 0 Å². The number of para-hydroxylation sites is 1. The lowest BCUT2D eigenvalue weighted by Crippen LogP contribution is -2.16. The molecular weight excluding hydrogens is 238 g/mol. The van der Waals surface area contributed by atoms with Crippen molar-refractivity contribution >= 4 is 11.0 Å². The molecule has 0 bridgehead atoms. The third kappa shape index (κ3) is 3.58. The summed E-state index contributed by atoms with van der Waals surface area (Å²) in [5, 5.41) is 4.71. The van der Waals surface area contributed by atoms with Crippen LogP contribution in [0, 0.1) is 0 Å². The van der Waals surface area contributed by atoms with E-state index in [1.54, 1.807) is 0 Å². The third-order valence-corrected chi connectivity index (χ3v) is 3.25. The van der Waals surface area contributed by atoms with Gasteiger partial charge in [-0.15, -0.1) is 0 Å². The topological polar surface area (TPSA) is 34.4 Å². The Labute approximate surface area is 114 Å². The normalized spacial score (nSPS) is 11.3. The highest BCUT2D eigenvalue weighted by Crippen LogP contribution is 2.26. The SMILES string of the molecule is CCOCCCNCc1c(CC)oc2ccccc12. The highest BCUT2D eigenvalue weighted by atomic mass is 16.5. The molecule has 1 aromatic heterocycles. The van der Waals surface area contributed by atoms with Crippen molar-refractivity contribution in [1.29, 1.82) is 0 Å². The largest absolute Gasteiger partial charge is 0.461 e. The van der Waals surface area contributed by atoms with Crippen LogP contribution in [0.2, 0.25) is 0 Å². The number of hydrogen-bond donors (Lipinski definition) is 1. The minimum Gasteiger partial charge on any atom is -0.461 e. The van der Waals surface area contributed by atoms with Gasteiger partial charge in [-0.05, 0) is 26.0 Å². The molecule has 0 atom stereocenters. The number of rotatable bonds is 8. The van der Waals surface area contributed by atoms with Crippen molar-refractivity contribution in [2.24, 2.45) is 0 Å². The first-order chi connectivity index (χ1) is 9.36. The van der Waals surface area contributed by atoms with E-state index in [0.29, 0.717) is 0 Å². The van der Waals surface area contributed by atoms with Gasteiger partial charge in [-0.3, -0.25) is 0 Å². The molecule has 0 aliphatic heterocycles. The smallest absolute Gasteiger partial charge is 0.134 e. The van der Waals surface area contributed by atoms with Crippen molar-refractivity contribution in [3.8, 4) is 0 Å². The summed E-state index contributed by atoms with van der Waals surface area (Å²) in [7, 11) is 0. The molecule has 0 unspecified atom stereocenters. The lowest BCUT2D eigenvalue weighted by atomic mass is 10.1. The van der Waals surface area contributed by atoms with E-state index in [-0.39, 0.29) is 0 Å². The minimum atomic E-state index is 0.798. The van der Waals surface area contributed by atoms with Crippen molar-refractivity contribution in [1.82, 2.24) is 5.32 Å². The summed E-state index contributed by atoms with van der Waals surface area (Å²) >= 11 is 0. The highest BCUT2D eigenvalue weighted by molar-refractivity contribution is 5.82. The van der Waals surface area contributed by atoms with E-state index in [4.69, 9.17) is 9.15 Å². The maximum absolute atomic E-state index is 5.88. The van der Waals surface area contributed by atoms with Gasteiger partial charge in [0.25, 0.3) is 0 Å². The van der Waals surface area contributed by atoms with Crippen molar-refractivity contribution < 1.29 is 9.15 Å². The van der Waals surface area contributed by atoms with Crippen molar-refractivity contribution in [3.63, 3.8) is 0 Å². The van der Waals surface area contributed by atoms with Gasteiger partial charge < -0.3 is 14.5 Å². The van der Waals surface area contributed by atoms with Crippen LogP contribution in [0.3, 0.4) is 0 Å². The first-order valence-electron chi connectivity index (χ1n) is 7.14. The predicted octanol–water partition coefficient (Wildman–Crippen LogP) is 3.51. The molecule has 0 radical (unpaired) electrons. The molecule has 1 N–H and O–H groups in total. The van der Waals surface area contributed by atoms with Crippen LogP contribution in [0.4, 0.5) is 0 Å². The Morgan fingerprint density at radius 1 is 1.21 bits per heavy atom. The second kappa shape index (κ2) is 7.31. The maximum Gasteiger partial charge on any atom is 0.134 e. The first-order valence-corrected chi connectivity index (χ1v) is 7.14. The van der Waals surface area contributed by atoms with E-state index in [0.717, 1.165) is 50.5 Å². The monoisotopic (exact) mass is 261 g/mol. The lowest BCUT2D eigenvalue weighted by molar-refractivity contribution is 0.144. The molecule has 0 aliphatic rings. The zero-order valence-electron chi connectivity index (χ0n) is 11.9. The summed E-state index contributed by atoms with van der Waals surface area (Å²) in [4.78, 5) is 0. The molecule has 104 valence electrons. The quantitative estimate of drug-likeness (QED) is 0.738. The van der Waals surface area contributed by atoms with Crippen molar-refractivity contribution in [3.05, 3.63) is 35.6 Å². The van der Waals surface area contributed by atoms with E-state index < -0.39 is 0 Å². The highest BCUT2D eigenvalue weighted by Gasteiger charge is 2.11. The van der Waals surface area contributed by atoms with Gasteiger partial charge in [0, 0.05) is 37.1 Å². The molecule has 3 heteroatoms. The van der Waals surface area contributed by atoms with Gasteiger partial charge >= 0.3 is 0 Å². The molecule has 2 aromatic rings. The Kier molecular flexibility index (Phi) is 5.43. The van der Waals surface area contributed by atoms with Gasteiger partial charge in [-0.2, -0.15) is 0 Å². The van der Waals surface area contributed by atoms with Crippen molar-refractivity contribution in [2.75, 3.05) is 19.8 Å². The summed E-state index contributed by atoms with van der Waals surface area (Å²) in [6.45, 7) is 7.63. The van der Waals surface area contributed by atoms with Crippen LogP contribution in [0.15, 0.2) is 28.7 Å². The van der Waals surface area contributed by atoms with Crippen LogP contribution in [-0.2, 0) is 17.7 Å². The standard InChI is InChI=1S/C16H23NO2/c1-3-15-14(12-17-10-7-11-18-4-2)13-8-5-6-9-16(13)19-15/h5-6,8-9,17H,3-4,7,10-12H2,1-2H3. The average molecular weight is 261 g/mol. The Morgan fingerprint density at radius 2 is 2.05 bits per heavy atom. The zero-order chi connectivity index (χ0) is 13.5. The molecule has 0 spiro atoms. The van der Waals surface area contributed by atoms with Crippen LogP contribution in [0.25, 0.3) is 11.0 Å². The number of furan rings is 1. The van der Waals surface area contributed by atoms with Gasteiger partial charge in [0.05, 0.1) is 0 Å². The van der Waals surface area contributed by atoms with E-state index >= 15 is 0 Å². The Balaban J connectivity index is 1.95. The molecule has 3 nitrogen and oxygen atoms in total. The van der Waals surface area contributed by atoms with E-state index in [1.807, 2.05) is 19.1 Å². The Morgan fingerprint density at radius 3 is 2.84 bits per heavy atom. The lowest BCUT2D eigenvalue weighted by Gasteiger charge is -2.05. The van der Waals surface area contributed by atoms with Crippen LogP contribution < -0.4 is 5.32 Å². The molecule has 0 saturated heterocycles. The summed E-state index contributed by atoms with van der Waals surface area (Å²) in [6.07, 6.45) is 1.98. The summed E-state index contributed by atoms with van der Waals surface area (Å²) in [6, 6.07) is 8.25. The van der Waals surface area contributed by atoms with E-state index in [1.165, 1.54) is 10.9 Å². The molecular formula is C16H23NO2. The minimum absolute atomic E-state index is 0.798. The maximum atomic E-state index is 5.88. The van der Waals surface area contributed by atoms with Gasteiger partial charge in [0.1, 0.15) is 11.3 Å². The number of fused-ring (bicyclic) bond motifs is 1. The summed E-state index contributed by atoms with van der Waals surface area (Å²) < 4.78 is 11.2. The second-order valence-corrected chi connectivity index (χ2v) is 4.58. The van der Waals surface area contributed by atoms with E-state index in [9.17, 15) is 0 Å². The molecule has 0 aliphatic carbocycles. The predicted molar refractivity (Wildman–Crippen MR) is 78.4 cm³/mol. The first kappa shape index (κ1) is 14.1. The number of benzene rings is 1. The van der Waals surface area contributed by atoms with Gasteiger partial charge in [-0.25, -0.2) is 0 Å². The molecule has 1 heterocycles. The molecule has 2 rings (SSSR count). The fourth-order valence-electron chi connectivity index (χ4n) is 2.29. The third-order valence-electron chi connectivity index (χ3n) is 3.25. The second-order valence-electron chi connectivity index (χ2n) is 4.58. The average Bonchev–Trinajstić information content (AvgIpc) is 2.81. The zero-order valence-corrected chi connectivity index (χ0v) is 11.9. The van der Waals surface area contributed by atoms with Crippen LogP contribution >= 0.6 is 0 Å². The van der Waals surface area contributed by atoms with E-state index in [2.05, 4.69) is 24.4 Å². The fourth-order valence-corrected chi connectivity index (χ4v) is 2.29. The molecule has 1 aromatic carbocycles. The van der Waals surface area contributed by atoms with Crippen LogP contribution in [0.1, 0.15) is 31.6 Å². The van der Waals surface area contributed by atoms with Gasteiger partial charge in [-0.1, -0.05) is 25.1 Å². The summed E-state index contributed by atoms with van der Waals surface area (Å²) in [5.41, 5.74) is 2.29. The van der Waals surface area contributed by atoms with Crippen LogP contribution in [0.5, 0.6) is 0 Å². The summed E-state index contributed by atoms with van der Waals surface area (Å²) in [5.74, 6) is 1.10. The Bertz CT molecular complexity index is 504. The van der Waals surface area contributed by atoms with Gasteiger partial charge in [0.2, 0.25) is 0 Å². The number of hydrogen-bond acceptors (Lipinski definition) is 3.